The van der Waals surface area contributed by atoms with Crippen molar-refractivity contribution in [1.82, 2.24) is 4.90 Å². The predicted molar refractivity (Wildman–Crippen MR) is 114 cm³/mol. The maximum Gasteiger partial charge on any atom is 0.247 e. The van der Waals surface area contributed by atoms with Crippen molar-refractivity contribution in [3.63, 3.8) is 0 Å². The summed E-state index contributed by atoms with van der Waals surface area (Å²) in [6, 6.07) is 11.7. The van der Waals surface area contributed by atoms with Crippen LogP contribution in [0, 0.1) is 0 Å². The maximum absolute atomic E-state index is 13.2. The lowest BCUT2D eigenvalue weighted by Gasteiger charge is -2.28. The summed E-state index contributed by atoms with van der Waals surface area (Å²) in [7, 11) is 3.24. The summed E-state index contributed by atoms with van der Waals surface area (Å²) in [6.45, 7) is 0.787. The number of amides is 1. The highest BCUT2D eigenvalue weighted by Crippen LogP contribution is 2.34. The van der Waals surface area contributed by atoms with Crippen LogP contribution in [0.3, 0.4) is 0 Å². The summed E-state index contributed by atoms with van der Waals surface area (Å²) in [5.74, 6) is 2.90. The molecule has 1 aliphatic carbocycles. The Labute approximate surface area is 177 Å². The Kier molecular flexibility index (Phi) is 6.12. The highest BCUT2D eigenvalue weighted by Gasteiger charge is 2.26. The van der Waals surface area contributed by atoms with Crippen LogP contribution in [0.15, 0.2) is 42.5 Å². The van der Waals surface area contributed by atoms with Crippen molar-refractivity contribution in [2.24, 2.45) is 0 Å². The van der Waals surface area contributed by atoms with E-state index in [-0.39, 0.29) is 18.7 Å². The van der Waals surface area contributed by atoms with Gasteiger partial charge in [-0.25, -0.2) is 0 Å². The standard InChI is InChI=1S/C24H27NO5/c1-27-20-9-11-21(28-2)18(14-20)8-12-24(26)25(19-5-3-4-6-19)15-17-7-10-22-23(13-17)30-16-29-22/h7-14,19H,3-6,15-16H2,1-2H3/b12-8+. The van der Waals surface area contributed by atoms with E-state index in [0.717, 1.165) is 54.1 Å². The second-order valence-electron chi connectivity index (χ2n) is 7.53. The third kappa shape index (κ3) is 4.37. The first-order chi connectivity index (χ1) is 14.7. The van der Waals surface area contributed by atoms with Crippen LogP contribution in [0.4, 0.5) is 0 Å². The maximum atomic E-state index is 13.2. The van der Waals surface area contributed by atoms with E-state index >= 15 is 0 Å². The molecule has 30 heavy (non-hydrogen) atoms. The number of hydrogen-bond donors (Lipinski definition) is 0. The molecule has 0 aromatic heterocycles. The van der Waals surface area contributed by atoms with E-state index in [9.17, 15) is 4.79 Å². The van der Waals surface area contributed by atoms with Crippen molar-refractivity contribution >= 4 is 12.0 Å². The average molecular weight is 409 g/mol. The molecule has 0 saturated heterocycles. The molecule has 2 aliphatic rings. The minimum absolute atomic E-state index is 0.00978. The van der Waals surface area contributed by atoms with Gasteiger partial charge in [0, 0.05) is 24.2 Å². The number of methoxy groups -OCH3 is 2. The summed E-state index contributed by atoms with van der Waals surface area (Å²) in [5, 5.41) is 0. The van der Waals surface area contributed by atoms with Gasteiger partial charge in [-0.3, -0.25) is 4.79 Å². The van der Waals surface area contributed by atoms with E-state index in [1.165, 1.54) is 0 Å². The Morgan fingerprint density at radius 1 is 1.07 bits per heavy atom. The van der Waals surface area contributed by atoms with Crippen LogP contribution in [-0.4, -0.2) is 37.9 Å². The molecule has 1 fully saturated rings. The molecule has 1 aliphatic heterocycles. The van der Waals surface area contributed by atoms with Gasteiger partial charge >= 0.3 is 0 Å². The second-order valence-corrected chi connectivity index (χ2v) is 7.53. The fourth-order valence-electron chi connectivity index (χ4n) is 4.07. The number of rotatable bonds is 7. The fourth-order valence-corrected chi connectivity index (χ4v) is 4.07. The first-order valence-corrected chi connectivity index (χ1v) is 10.3. The number of hydrogen-bond acceptors (Lipinski definition) is 5. The van der Waals surface area contributed by atoms with E-state index in [1.54, 1.807) is 26.4 Å². The molecule has 1 saturated carbocycles. The largest absolute Gasteiger partial charge is 0.497 e. The van der Waals surface area contributed by atoms with Gasteiger partial charge in [-0.15, -0.1) is 0 Å². The molecular weight excluding hydrogens is 382 g/mol. The van der Waals surface area contributed by atoms with E-state index < -0.39 is 0 Å². The van der Waals surface area contributed by atoms with E-state index in [0.29, 0.717) is 12.3 Å². The lowest BCUT2D eigenvalue weighted by molar-refractivity contribution is -0.128. The summed E-state index contributed by atoms with van der Waals surface area (Å²) in [4.78, 5) is 15.2. The zero-order valence-corrected chi connectivity index (χ0v) is 17.4. The van der Waals surface area contributed by atoms with Crippen LogP contribution in [-0.2, 0) is 11.3 Å². The molecule has 0 spiro atoms. The summed E-state index contributed by atoms with van der Waals surface area (Å²) >= 11 is 0. The SMILES string of the molecule is COc1ccc(OC)c(/C=C/C(=O)N(Cc2ccc3c(c2)OCO3)C2CCCC2)c1. The minimum atomic E-state index is -0.00978. The van der Waals surface area contributed by atoms with Crippen LogP contribution >= 0.6 is 0 Å². The molecule has 6 nitrogen and oxygen atoms in total. The molecule has 2 aromatic rings. The Morgan fingerprint density at radius 3 is 2.63 bits per heavy atom. The molecule has 4 rings (SSSR count). The first kappa shape index (κ1) is 20.1. The monoisotopic (exact) mass is 409 g/mol. The summed E-state index contributed by atoms with van der Waals surface area (Å²) < 4.78 is 21.6. The highest BCUT2D eigenvalue weighted by atomic mass is 16.7. The molecule has 0 bridgehead atoms. The van der Waals surface area contributed by atoms with Gasteiger partial charge in [0.25, 0.3) is 0 Å². The topological polar surface area (TPSA) is 57.2 Å². The number of nitrogens with zero attached hydrogens (tertiary/aromatic N) is 1. The van der Waals surface area contributed by atoms with E-state index in [4.69, 9.17) is 18.9 Å². The van der Waals surface area contributed by atoms with Gasteiger partial charge < -0.3 is 23.8 Å². The Balaban J connectivity index is 1.55. The number of benzene rings is 2. The molecule has 0 unspecified atom stereocenters. The van der Waals surface area contributed by atoms with Gasteiger partial charge in [-0.2, -0.15) is 0 Å². The molecule has 6 heteroatoms. The summed E-state index contributed by atoms with van der Waals surface area (Å²) in [5.41, 5.74) is 1.84. The number of carbonyl (C=O) groups is 1. The Morgan fingerprint density at radius 2 is 1.87 bits per heavy atom. The van der Waals surface area contributed by atoms with Crippen molar-refractivity contribution in [3.8, 4) is 23.0 Å². The predicted octanol–water partition coefficient (Wildman–Crippen LogP) is 4.42. The smallest absolute Gasteiger partial charge is 0.247 e. The summed E-state index contributed by atoms with van der Waals surface area (Å²) in [6.07, 6.45) is 7.80. The van der Waals surface area contributed by atoms with Gasteiger partial charge in [-0.05, 0) is 54.8 Å². The average Bonchev–Trinajstić information content (AvgIpc) is 3.47. The van der Waals surface area contributed by atoms with Gasteiger partial charge in [0.2, 0.25) is 12.7 Å². The van der Waals surface area contributed by atoms with Crippen LogP contribution < -0.4 is 18.9 Å². The van der Waals surface area contributed by atoms with Crippen LogP contribution in [0.2, 0.25) is 0 Å². The number of fused-ring (bicyclic) bond motifs is 1. The molecular formula is C24H27NO5. The van der Waals surface area contributed by atoms with Crippen molar-refractivity contribution in [1.29, 1.82) is 0 Å². The minimum Gasteiger partial charge on any atom is -0.497 e. The lowest BCUT2D eigenvalue weighted by atomic mass is 10.1. The highest BCUT2D eigenvalue weighted by molar-refractivity contribution is 5.92. The molecule has 2 aromatic carbocycles. The van der Waals surface area contributed by atoms with Crippen LogP contribution in [0.5, 0.6) is 23.0 Å². The van der Waals surface area contributed by atoms with Crippen molar-refractivity contribution in [2.45, 2.75) is 38.3 Å². The normalized spacial score (nSPS) is 15.5. The third-order valence-corrected chi connectivity index (χ3v) is 5.68. The fraction of sp³-hybridized carbons (Fsp3) is 0.375. The van der Waals surface area contributed by atoms with E-state index in [1.807, 2.05) is 41.3 Å². The van der Waals surface area contributed by atoms with Gasteiger partial charge in [0.05, 0.1) is 14.2 Å². The Hall–Kier alpha value is -3.15. The van der Waals surface area contributed by atoms with Crippen molar-refractivity contribution < 1.29 is 23.7 Å². The molecule has 0 atom stereocenters. The quantitative estimate of drug-likeness (QED) is 0.634. The molecule has 1 amide bonds. The van der Waals surface area contributed by atoms with Gasteiger partial charge in [-0.1, -0.05) is 18.9 Å². The Bertz CT molecular complexity index is 933. The van der Waals surface area contributed by atoms with Gasteiger partial charge in [0.1, 0.15) is 11.5 Å². The van der Waals surface area contributed by atoms with E-state index in [2.05, 4.69) is 0 Å². The van der Waals surface area contributed by atoms with Crippen molar-refractivity contribution in [2.75, 3.05) is 21.0 Å². The number of carbonyl (C=O) groups excluding carboxylic acids is 1. The van der Waals surface area contributed by atoms with Crippen molar-refractivity contribution in [3.05, 3.63) is 53.6 Å². The molecule has 0 radical (unpaired) electrons. The zero-order valence-electron chi connectivity index (χ0n) is 17.4. The van der Waals surface area contributed by atoms with Crippen LogP contribution in [0.25, 0.3) is 6.08 Å². The third-order valence-electron chi connectivity index (χ3n) is 5.68. The van der Waals surface area contributed by atoms with Crippen LogP contribution in [0.1, 0.15) is 36.8 Å². The number of ether oxygens (including phenoxy) is 4. The second kappa shape index (κ2) is 9.11. The molecule has 158 valence electrons. The van der Waals surface area contributed by atoms with Gasteiger partial charge in [0.15, 0.2) is 11.5 Å². The lowest BCUT2D eigenvalue weighted by Crippen LogP contribution is -2.37. The molecule has 0 N–H and O–H groups in total. The zero-order chi connectivity index (χ0) is 20.9. The first-order valence-electron chi connectivity index (χ1n) is 10.3. The molecule has 1 heterocycles.